The molecule has 0 aliphatic carbocycles. The van der Waals surface area contributed by atoms with Crippen LogP contribution in [0.15, 0.2) is 18.2 Å². The Labute approximate surface area is 133 Å². The van der Waals surface area contributed by atoms with Crippen LogP contribution >= 0.6 is 0 Å². The van der Waals surface area contributed by atoms with Gasteiger partial charge in [-0.2, -0.15) is 4.31 Å². The fourth-order valence-electron chi connectivity index (χ4n) is 3.07. The maximum Gasteiger partial charge on any atom is 0.211 e. The molecule has 1 atom stereocenters. The van der Waals surface area contributed by atoms with Gasteiger partial charge in [-0.25, -0.2) is 8.42 Å². The van der Waals surface area contributed by atoms with Crippen molar-refractivity contribution in [1.29, 1.82) is 0 Å². The minimum absolute atomic E-state index is 0.108. The van der Waals surface area contributed by atoms with Crippen molar-refractivity contribution >= 4 is 10.0 Å². The molecule has 5 nitrogen and oxygen atoms in total. The average Bonchev–Trinajstić information content (AvgIpc) is 2.52. The van der Waals surface area contributed by atoms with E-state index >= 15 is 0 Å². The van der Waals surface area contributed by atoms with Gasteiger partial charge < -0.3 is 9.47 Å². The van der Waals surface area contributed by atoms with E-state index < -0.39 is 10.0 Å². The number of hydrogen-bond acceptors (Lipinski definition) is 4. The normalized spacial score (nSPS) is 19.9. The maximum absolute atomic E-state index is 11.9. The Bertz CT molecular complexity index is 600. The highest BCUT2D eigenvalue weighted by atomic mass is 32.2. The van der Waals surface area contributed by atoms with E-state index in [2.05, 4.69) is 0 Å². The second-order valence-electron chi connectivity index (χ2n) is 5.75. The zero-order chi connectivity index (χ0) is 16.2. The van der Waals surface area contributed by atoms with Crippen molar-refractivity contribution in [2.75, 3.05) is 27.0 Å². The van der Waals surface area contributed by atoms with Crippen molar-refractivity contribution in [3.05, 3.63) is 23.8 Å². The molecule has 6 heteroatoms. The molecule has 124 valence electrons. The van der Waals surface area contributed by atoms with Gasteiger partial charge in [0.25, 0.3) is 0 Å². The van der Waals surface area contributed by atoms with E-state index in [1.54, 1.807) is 18.5 Å². The molecule has 1 fully saturated rings. The first-order valence-corrected chi connectivity index (χ1v) is 9.48. The lowest BCUT2D eigenvalue weighted by atomic mass is 9.98. The molecule has 0 aromatic heterocycles. The van der Waals surface area contributed by atoms with Crippen LogP contribution in [0.5, 0.6) is 11.5 Å². The highest BCUT2D eigenvalue weighted by molar-refractivity contribution is 7.88. The Balaban J connectivity index is 2.05. The largest absolute Gasteiger partial charge is 0.493 e. The summed E-state index contributed by atoms with van der Waals surface area (Å²) >= 11 is 0. The van der Waals surface area contributed by atoms with E-state index in [9.17, 15) is 8.42 Å². The number of ether oxygens (including phenoxy) is 2. The van der Waals surface area contributed by atoms with Gasteiger partial charge in [-0.3, -0.25) is 0 Å². The fraction of sp³-hybridized carbons (Fsp3) is 0.625. The molecule has 0 radical (unpaired) electrons. The Morgan fingerprint density at radius 2 is 1.91 bits per heavy atom. The third kappa shape index (κ3) is 4.14. The average molecular weight is 327 g/mol. The summed E-state index contributed by atoms with van der Waals surface area (Å²) in [6.07, 6.45) is 5.98. The molecule has 1 aromatic rings. The smallest absolute Gasteiger partial charge is 0.211 e. The minimum atomic E-state index is -3.11. The van der Waals surface area contributed by atoms with Crippen molar-refractivity contribution in [1.82, 2.24) is 4.31 Å². The van der Waals surface area contributed by atoms with Gasteiger partial charge in [0.2, 0.25) is 10.0 Å². The third-order valence-corrected chi connectivity index (χ3v) is 5.55. The molecule has 0 amide bonds. The van der Waals surface area contributed by atoms with E-state index in [1.807, 2.05) is 18.2 Å². The van der Waals surface area contributed by atoms with Crippen LogP contribution < -0.4 is 9.47 Å². The van der Waals surface area contributed by atoms with E-state index in [4.69, 9.17) is 9.47 Å². The van der Waals surface area contributed by atoms with Crippen molar-refractivity contribution in [3.63, 3.8) is 0 Å². The first-order valence-electron chi connectivity index (χ1n) is 7.63. The summed E-state index contributed by atoms with van der Waals surface area (Å²) in [4.78, 5) is 0. The zero-order valence-electron chi connectivity index (χ0n) is 13.5. The van der Waals surface area contributed by atoms with Gasteiger partial charge in [-0.05, 0) is 43.4 Å². The fourth-order valence-corrected chi connectivity index (χ4v) is 4.28. The molecule has 0 bridgehead atoms. The van der Waals surface area contributed by atoms with Crippen LogP contribution in [0.25, 0.3) is 0 Å². The number of sulfonamides is 1. The van der Waals surface area contributed by atoms with Gasteiger partial charge in [-0.15, -0.1) is 0 Å². The molecule has 0 spiro atoms. The third-order valence-electron chi connectivity index (χ3n) is 4.21. The van der Waals surface area contributed by atoms with Crippen LogP contribution in [0, 0.1) is 0 Å². The topological polar surface area (TPSA) is 55.8 Å². The monoisotopic (exact) mass is 327 g/mol. The van der Waals surface area contributed by atoms with Gasteiger partial charge in [0.05, 0.1) is 20.5 Å². The molecule has 0 N–H and O–H groups in total. The highest BCUT2D eigenvalue weighted by Crippen LogP contribution is 2.29. The van der Waals surface area contributed by atoms with Crippen molar-refractivity contribution in [3.8, 4) is 11.5 Å². The molecule has 0 saturated carbocycles. The van der Waals surface area contributed by atoms with Crippen LogP contribution in [-0.4, -0.2) is 45.8 Å². The summed E-state index contributed by atoms with van der Waals surface area (Å²) in [5.74, 6) is 1.42. The lowest BCUT2D eigenvalue weighted by Gasteiger charge is -2.33. The van der Waals surface area contributed by atoms with Crippen LogP contribution in [0.3, 0.4) is 0 Å². The van der Waals surface area contributed by atoms with E-state index in [-0.39, 0.29) is 6.04 Å². The second-order valence-corrected chi connectivity index (χ2v) is 7.69. The molecule has 1 aliphatic rings. The number of nitrogens with zero attached hydrogens (tertiary/aromatic N) is 1. The van der Waals surface area contributed by atoms with Crippen LogP contribution in [-0.2, 0) is 16.4 Å². The summed E-state index contributed by atoms with van der Waals surface area (Å²) < 4.78 is 36.0. The summed E-state index contributed by atoms with van der Waals surface area (Å²) in [5, 5.41) is 0. The molecule has 0 unspecified atom stereocenters. The van der Waals surface area contributed by atoms with E-state index in [0.29, 0.717) is 18.0 Å². The molecule has 22 heavy (non-hydrogen) atoms. The van der Waals surface area contributed by atoms with Crippen LogP contribution in [0.4, 0.5) is 0 Å². The zero-order valence-corrected chi connectivity index (χ0v) is 14.4. The van der Waals surface area contributed by atoms with E-state index in [1.165, 1.54) is 6.26 Å². The first kappa shape index (κ1) is 17.1. The first-order chi connectivity index (χ1) is 10.5. The Morgan fingerprint density at radius 1 is 1.18 bits per heavy atom. The lowest BCUT2D eigenvalue weighted by molar-refractivity contribution is 0.242. The number of piperidine rings is 1. The standard InChI is InChI=1S/C16H25NO4S/c1-20-15-10-8-13(12-16(15)21-2)7-9-14-6-4-5-11-17(14)22(3,18)19/h8,10,12,14H,4-7,9,11H2,1-3H3/t14-/m1/s1. The van der Waals surface area contributed by atoms with Gasteiger partial charge in [0.1, 0.15) is 0 Å². The summed E-state index contributed by atoms with van der Waals surface area (Å²) in [6.45, 7) is 0.648. The number of hydrogen-bond donors (Lipinski definition) is 0. The van der Waals surface area contributed by atoms with Crippen LogP contribution in [0.1, 0.15) is 31.2 Å². The molecule has 1 saturated heterocycles. The summed E-state index contributed by atoms with van der Waals surface area (Å²) in [5.41, 5.74) is 1.14. The molecule has 1 aromatic carbocycles. The Morgan fingerprint density at radius 3 is 2.55 bits per heavy atom. The molecule has 1 heterocycles. The van der Waals surface area contributed by atoms with Crippen molar-refractivity contribution in [2.45, 2.75) is 38.1 Å². The molecule has 2 rings (SSSR count). The number of methoxy groups -OCH3 is 2. The number of benzene rings is 1. The lowest BCUT2D eigenvalue weighted by Crippen LogP contribution is -2.43. The van der Waals surface area contributed by atoms with Crippen molar-refractivity contribution in [2.24, 2.45) is 0 Å². The second kappa shape index (κ2) is 7.33. The van der Waals surface area contributed by atoms with Gasteiger partial charge in [0.15, 0.2) is 11.5 Å². The summed E-state index contributed by atoms with van der Waals surface area (Å²) in [6, 6.07) is 5.97. The van der Waals surface area contributed by atoms with Crippen LogP contribution in [0.2, 0.25) is 0 Å². The van der Waals surface area contributed by atoms with Gasteiger partial charge in [0, 0.05) is 12.6 Å². The number of rotatable bonds is 6. The Kier molecular flexibility index (Phi) is 5.69. The van der Waals surface area contributed by atoms with Gasteiger partial charge in [-0.1, -0.05) is 12.5 Å². The highest BCUT2D eigenvalue weighted by Gasteiger charge is 2.28. The summed E-state index contributed by atoms with van der Waals surface area (Å²) in [7, 11) is 0.120. The predicted molar refractivity (Wildman–Crippen MR) is 87.1 cm³/mol. The Hall–Kier alpha value is -1.27. The molecular weight excluding hydrogens is 302 g/mol. The SMILES string of the molecule is COc1ccc(CC[C@H]2CCCCN2S(C)(=O)=O)cc1OC. The molecular formula is C16H25NO4S. The van der Waals surface area contributed by atoms with Gasteiger partial charge >= 0.3 is 0 Å². The van der Waals surface area contributed by atoms with Crippen molar-refractivity contribution < 1.29 is 17.9 Å². The predicted octanol–water partition coefficient (Wildman–Crippen LogP) is 2.45. The minimum Gasteiger partial charge on any atom is -0.493 e. The quantitative estimate of drug-likeness (QED) is 0.805. The maximum atomic E-state index is 11.9. The number of aryl methyl sites for hydroxylation is 1. The molecule has 1 aliphatic heterocycles. The van der Waals surface area contributed by atoms with E-state index in [0.717, 1.165) is 37.7 Å².